The van der Waals surface area contributed by atoms with Crippen molar-refractivity contribution in [2.24, 2.45) is 5.73 Å². The Morgan fingerprint density at radius 2 is 2.23 bits per heavy atom. The van der Waals surface area contributed by atoms with E-state index in [1.807, 2.05) is 18.2 Å². The van der Waals surface area contributed by atoms with Crippen LogP contribution in [0.2, 0.25) is 5.02 Å². The minimum Gasteiger partial charge on any atom is -0.384 e. The van der Waals surface area contributed by atoms with Crippen LogP contribution in [0.25, 0.3) is 0 Å². The summed E-state index contributed by atoms with van der Waals surface area (Å²) in [6.45, 7) is 1.55. The van der Waals surface area contributed by atoms with Crippen molar-refractivity contribution in [1.82, 2.24) is 0 Å². The van der Waals surface area contributed by atoms with Crippen molar-refractivity contribution in [3.8, 4) is 0 Å². The van der Waals surface area contributed by atoms with E-state index in [2.05, 4.69) is 21.2 Å². The summed E-state index contributed by atoms with van der Waals surface area (Å²) in [5.41, 5.74) is 6.33. The van der Waals surface area contributed by atoms with Crippen molar-refractivity contribution >= 4 is 33.2 Å². The summed E-state index contributed by atoms with van der Waals surface area (Å²) in [4.78, 5) is 0. The molecule has 0 atom stereocenters. The predicted molar refractivity (Wildman–Crippen MR) is 61.3 cm³/mol. The Balaban J connectivity index is 2.59. The number of halogens is 2. The van der Waals surface area contributed by atoms with E-state index in [4.69, 9.17) is 17.3 Å². The van der Waals surface area contributed by atoms with Crippen LogP contribution in [0.4, 0.5) is 5.69 Å². The zero-order valence-electron chi connectivity index (χ0n) is 7.19. The van der Waals surface area contributed by atoms with Crippen molar-refractivity contribution in [3.05, 3.63) is 27.7 Å². The lowest BCUT2D eigenvalue weighted by Crippen LogP contribution is -2.08. The van der Waals surface area contributed by atoms with Crippen molar-refractivity contribution in [2.45, 2.75) is 6.42 Å². The number of nitrogens with one attached hydrogen (secondary N) is 1. The summed E-state index contributed by atoms with van der Waals surface area (Å²) in [7, 11) is 0. The molecule has 3 N–H and O–H groups in total. The predicted octanol–water partition coefficient (Wildman–Crippen LogP) is 2.86. The minimum atomic E-state index is 0.693. The van der Waals surface area contributed by atoms with Crippen LogP contribution in [0.1, 0.15) is 6.42 Å². The van der Waals surface area contributed by atoms with Crippen molar-refractivity contribution in [1.29, 1.82) is 0 Å². The van der Waals surface area contributed by atoms with E-state index in [0.717, 1.165) is 28.1 Å². The van der Waals surface area contributed by atoms with Gasteiger partial charge in [-0.1, -0.05) is 27.5 Å². The minimum absolute atomic E-state index is 0.693. The van der Waals surface area contributed by atoms with E-state index in [1.54, 1.807) is 0 Å². The molecule has 2 nitrogen and oxygen atoms in total. The third-order valence-electron chi connectivity index (χ3n) is 1.62. The summed E-state index contributed by atoms with van der Waals surface area (Å²) in [5, 5.41) is 3.95. The van der Waals surface area contributed by atoms with Gasteiger partial charge in [-0.05, 0) is 31.2 Å². The van der Waals surface area contributed by atoms with Crippen LogP contribution in [0.15, 0.2) is 22.7 Å². The molecule has 0 aliphatic heterocycles. The van der Waals surface area contributed by atoms with Gasteiger partial charge >= 0.3 is 0 Å². The first kappa shape index (κ1) is 10.8. The van der Waals surface area contributed by atoms with Crippen LogP contribution in [-0.2, 0) is 0 Å². The molecule has 0 fully saturated rings. The van der Waals surface area contributed by atoms with Gasteiger partial charge in [0.2, 0.25) is 0 Å². The van der Waals surface area contributed by atoms with Gasteiger partial charge in [-0.15, -0.1) is 0 Å². The SMILES string of the molecule is NCCCNc1cc(Br)ccc1Cl. The van der Waals surface area contributed by atoms with Gasteiger partial charge in [0.05, 0.1) is 10.7 Å². The van der Waals surface area contributed by atoms with E-state index < -0.39 is 0 Å². The molecule has 72 valence electrons. The smallest absolute Gasteiger partial charge is 0.0638 e. The molecule has 4 heteroatoms. The van der Waals surface area contributed by atoms with Crippen LogP contribution >= 0.6 is 27.5 Å². The molecule has 1 aromatic carbocycles. The molecule has 0 saturated heterocycles. The van der Waals surface area contributed by atoms with Crippen molar-refractivity contribution in [2.75, 3.05) is 18.4 Å². The Kier molecular flexibility index (Phi) is 4.56. The Bertz CT molecular complexity index is 278. The summed E-state index contributed by atoms with van der Waals surface area (Å²) in [6.07, 6.45) is 0.947. The second kappa shape index (κ2) is 5.47. The van der Waals surface area contributed by atoms with Gasteiger partial charge in [0.15, 0.2) is 0 Å². The zero-order valence-corrected chi connectivity index (χ0v) is 9.53. The van der Waals surface area contributed by atoms with Crippen molar-refractivity contribution < 1.29 is 0 Å². The normalized spacial score (nSPS) is 10.1. The number of hydrogen-bond acceptors (Lipinski definition) is 2. The van der Waals surface area contributed by atoms with Crippen LogP contribution < -0.4 is 11.1 Å². The molecule has 0 aliphatic carbocycles. The molecule has 13 heavy (non-hydrogen) atoms. The molecule has 0 saturated carbocycles. The van der Waals surface area contributed by atoms with E-state index in [-0.39, 0.29) is 0 Å². The maximum Gasteiger partial charge on any atom is 0.0638 e. The van der Waals surface area contributed by atoms with Crippen LogP contribution in [-0.4, -0.2) is 13.1 Å². The van der Waals surface area contributed by atoms with E-state index in [9.17, 15) is 0 Å². The molecular weight excluding hydrogens is 251 g/mol. The first-order chi connectivity index (χ1) is 6.24. The fourth-order valence-corrected chi connectivity index (χ4v) is 1.50. The standard InChI is InChI=1S/C9H12BrClN2/c10-7-2-3-8(11)9(6-7)13-5-1-4-12/h2-3,6,13H,1,4-5,12H2. The highest BCUT2D eigenvalue weighted by Gasteiger charge is 1.98. The molecule has 0 aromatic heterocycles. The van der Waals surface area contributed by atoms with Gasteiger partial charge in [-0.25, -0.2) is 0 Å². The molecule has 0 amide bonds. The maximum absolute atomic E-state index is 5.96. The monoisotopic (exact) mass is 262 g/mol. The quantitative estimate of drug-likeness (QED) is 0.820. The molecule has 0 spiro atoms. The number of anilines is 1. The highest BCUT2D eigenvalue weighted by Crippen LogP contribution is 2.25. The van der Waals surface area contributed by atoms with Crippen LogP contribution in [0, 0.1) is 0 Å². The summed E-state index contributed by atoms with van der Waals surface area (Å²) in [5.74, 6) is 0. The largest absolute Gasteiger partial charge is 0.384 e. The summed E-state index contributed by atoms with van der Waals surface area (Å²) < 4.78 is 1.02. The lowest BCUT2D eigenvalue weighted by atomic mass is 10.3. The number of rotatable bonds is 4. The van der Waals surface area contributed by atoms with Crippen LogP contribution in [0.3, 0.4) is 0 Å². The second-order valence-electron chi connectivity index (χ2n) is 2.69. The number of benzene rings is 1. The molecule has 1 rings (SSSR count). The first-order valence-corrected chi connectivity index (χ1v) is 5.30. The maximum atomic E-state index is 5.96. The summed E-state index contributed by atoms with van der Waals surface area (Å²) >= 11 is 9.34. The zero-order chi connectivity index (χ0) is 9.68. The van der Waals surface area contributed by atoms with Gasteiger partial charge in [0.1, 0.15) is 0 Å². The van der Waals surface area contributed by atoms with Gasteiger partial charge in [-0.2, -0.15) is 0 Å². The van der Waals surface area contributed by atoms with E-state index >= 15 is 0 Å². The van der Waals surface area contributed by atoms with Gasteiger partial charge in [-0.3, -0.25) is 0 Å². The molecule has 0 heterocycles. The first-order valence-electron chi connectivity index (χ1n) is 4.13. The molecule has 0 bridgehead atoms. The lowest BCUT2D eigenvalue weighted by molar-refractivity contribution is 0.874. The number of nitrogens with two attached hydrogens (primary N) is 1. The Labute approximate surface area is 91.6 Å². The molecular formula is C9H12BrClN2. The topological polar surface area (TPSA) is 38.0 Å². The van der Waals surface area contributed by atoms with E-state index in [0.29, 0.717) is 6.54 Å². The fraction of sp³-hybridized carbons (Fsp3) is 0.333. The average Bonchev–Trinajstić information content (AvgIpc) is 2.11. The second-order valence-corrected chi connectivity index (χ2v) is 4.02. The van der Waals surface area contributed by atoms with Crippen molar-refractivity contribution in [3.63, 3.8) is 0 Å². The third-order valence-corrected chi connectivity index (χ3v) is 2.45. The highest BCUT2D eigenvalue weighted by molar-refractivity contribution is 9.10. The van der Waals surface area contributed by atoms with Gasteiger partial charge in [0, 0.05) is 11.0 Å². The fourth-order valence-electron chi connectivity index (χ4n) is 0.958. The molecule has 1 aromatic rings. The highest BCUT2D eigenvalue weighted by atomic mass is 79.9. The summed E-state index contributed by atoms with van der Waals surface area (Å²) in [6, 6.07) is 5.73. The molecule has 0 radical (unpaired) electrons. The van der Waals surface area contributed by atoms with Crippen LogP contribution in [0.5, 0.6) is 0 Å². The molecule has 0 aliphatic rings. The Morgan fingerprint density at radius 3 is 2.92 bits per heavy atom. The Hall–Kier alpha value is -0.250. The number of hydrogen-bond donors (Lipinski definition) is 2. The average molecular weight is 264 g/mol. The van der Waals surface area contributed by atoms with Gasteiger partial charge < -0.3 is 11.1 Å². The van der Waals surface area contributed by atoms with E-state index in [1.165, 1.54) is 0 Å². The molecule has 0 unspecified atom stereocenters. The third kappa shape index (κ3) is 3.55. The lowest BCUT2D eigenvalue weighted by Gasteiger charge is -2.07. The van der Waals surface area contributed by atoms with Gasteiger partial charge in [0.25, 0.3) is 0 Å². The Morgan fingerprint density at radius 1 is 1.46 bits per heavy atom.